The van der Waals surface area contributed by atoms with E-state index in [0.29, 0.717) is 0 Å². The number of nitro benzene ring substituents is 1. The zero-order chi connectivity index (χ0) is 16.2. The predicted octanol–water partition coefficient (Wildman–Crippen LogP) is 2.85. The van der Waals surface area contributed by atoms with E-state index >= 15 is 0 Å². The highest BCUT2D eigenvalue weighted by atomic mass is 16.6. The summed E-state index contributed by atoms with van der Waals surface area (Å²) in [4.78, 5) is 22.1. The third-order valence-corrected chi connectivity index (χ3v) is 3.82. The van der Waals surface area contributed by atoms with Crippen LogP contribution in [0.25, 0.3) is 0 Å². The Morgan fingerprint density at radius 2 is 2.00 bits per heavy atom. The summed E-state index contributed by atoms with van der Waals surface area (Å²) in [6.45, 7) is 0. The van der Waals surface area contributed by atoms with Crippen molar-refractivity contribution in [2.75, 3.05) is 0 Å². The average molecular weight is 309 g/mol. The zero-order valence-corrected chi connectivity index (χ0v) is 12.4. The topological polar surface area (TPSA) is 84.6 Å². The Kier molecular flexibility index (Phi) is 4.14. The van der Waals surface area contributed by atoms with Gasteiger partial charge in [0, 0.05) is 17.7 Å². The largest absolute Gasteiger partial charge is 0.271 e. The quantitative estimate of drug-likeness (QED) is 0.535. The first-order valence-corrected chi connectivity index (χ1v) is 7.33. The molecule has 116 valence electrons. The lowest BCUT2D eigenvalue weighted by molar-refractivity contribution is -0.384. The molecule has 6 heteroatoms. The molecule has 1 N–H and O–H groups in total. The number of nitrogens with zero attached hydrogens (tertiary/aromatic N) is 2. The first-order chi connectivity index (χ1) is 11.1. The maximum atomic E-state index is 11.9. The van der Waals surface area contributed by atoms with Crippen LogP contribution in [-0.4, -0.2) is 17.0 Å². The Morgan fingerprint density at radius 3 is 2.83 bits per heavy atom. The van der Waals surface area contributed by atoms with Crippen LogP contribution in [0.2, 0.25) is 0 Å². The maximum absolute atomic E-state index is 11.9. The fourth-order valence-corrected chi connectivity index (χ4v) is 2.66. The van der Waals surface area contributed by atoms with Crippen LogP contribution < -0.4 is 5.43 Å². The van der Waals surface area contributed by atoms with Gasteiger partial charge >= 0.3 is 0 Å². The van der Waals surface area contributed by atoms with Crippen LogP contribution in [0.15, 0.2) is 47.6 Å². The number of nitrogens with one attached hydrogen (secondary N) is 1. The van der Waals surface area contributed by atoms with Gasteiger partial charge in [-0.25, -0.2) is 5.43 Å². The Morgan fingerprint density at radius 1 is 1.17 bits per heavy atom. The number of aryl methyl sites for hydroxylation is 2. The van der Waals surface area contributed by atoms with Crippen LogP contribution in [0.5, 0.6) is 0 Å². The molecule has 1 aliphatic rings. The molecule has 0 saturated heterocycles. The van der Waals surface area contributed by atoms with Gasteiger partial charge in [0.15, 0.2) is 0 Å². The van der Waals surface area contributed by atoms with Gasteiger partial charge < -0.3 is 0 Å². The molecule has 1 aliphatic carbocycles. The van der Waals surface area contributed by atoms with E-state index in [9.17, 15) is 14.9 Å². The molecule has 23 heavy (non-hydrogen) atoms. The lowest BCUT2D eigenvalue weighted by Gasteiger charge is -2.01. The van der Waals surface area contributed by atoms with Gasteiger partial charge in [-0.05, 0) is 48.1 Å². The number of fused-ring (bicyclic) bond motifs is 1. The van der Waals surface area contributed by atoms with Crippen molar-refractivity contribution >= 4 is 17.8 Å². The van der Waals surface area contributed by atoms with Crippen LogP contribution in [0, 0.1) is 10.1 Å². The van der Waals surface area contributed by atoms with Crippen molar-refractivity contribution in [1.82, 2.24) is 5.43 Å². The Balaban J connectivity index is 1.67. The van der Waals surface area contributed by atoms with E-state index in [1.54, 1.807) is 6.21 Å². The number of hydrogen-bond donors (Lipinski definition) is 1. The summed E-state index contributed by atoms with van der Waals surface area (Å²) < 4.78 is 0. The third-order valence-electron chi connectivity index (χ3n) is 3.82. The standard InChI is InChI=1S/C17H15N3O3/c21-17(15-5-2-6-16(10-15)20(22)23)19-18-11-12-7-8-13-3-1-4-14(13)9-12/h2,5-11H,1,3-4H2,(H,19,21)/b18-11-. The number of amides is 1. The summed E-state index contributed by atoms with van der Waals surface area (Å²) in [5, 5.41) is 14.6. The van der Waals surface area contributed by atoms with Crippen molar-refractivity contribution in [2.45, 2.75) is 19.3 Å². The molecule has 0 fully saturated rings. The Bertz CT molecular complexity index is 799. The van der Waals surface area contributed by atoms with E-state index in [1.165, 1.54) is 41.8 Å². The molecular weight excluding hydrogens is 294 g/mol. The first-order valence-electron chi connectivity index (χ1n) is 7.33. The lowest BCUT2D eigenvalue weighted by Crippen LogP contribution is -2.17. The van der Waals surface area contributed by atoms with Crippen LogP contribution >= 0.6 is 0 Å². The molecule has 0 unspecified atom stereocenters. The molecule has 0 spiro atoms. The van der Waals surface area contributed by atoms with Gasteiger partial charge in [-0.3, -0.25) is 14.9 Å². The van der Waals surface area contributed by atoms with Crippen molar-refractivity contribution in [3.05, 3.63) is 74.8 Å². The van der Waals surface area contributed by atoms with Gasteiger partial charge in [0.2, 0.25) is 0 Å². The highest BCUT2D eigenvalue weighted by Crippen LogP contribution is 2.22. The average Bonchev–Trinajstić information content (AvgIpc) is 3.02. The third kappa shape index (κ3) is 3.42. The van der Waals surface area contributed by atoms with Gasteiger partial charge in [0.25, 0.3) is 11.6 Å². The summed E-state index contributed by atoms with van der Waals surface area (Å²) in [6, 6.07) is 11.7. The molecule has 0 heterocycles. The number of benzene rings is 2. The number of rotatable bonds is 4. The minimum absolute atomic E-state index is 0.125. The monoisotopic (exact) mass is 309 g/mol. The second-order valence-electron chi connectivity index (χ2n) is 5.39. The lowest BCUT2D eigenvalue weighted by atomic mass is 10.1. The van der Waals surface area contributed by atoms with Crippen molar-refractivity contribution < 1.29 is 9.72 Å². The van der Waals surface area contributed by atoms with Crippen molar-refractivity contribution in [1.29, 1.82) is 0 Å². The molecule has 1 amide bonds. The van der Waals surface area contributed by atoms with E-state index in [2.05, 4.69) is 22.7 Å². The summed E-state index contributed by atoms with van der Waals surface area (Å²) >= 11 is 0. The number of carbonyl (C=O) groups is 1. The minimum Gasteiger partial charge on any atom is -0.267 e. The van der Waals surface area contributed by atoms with Crippen LogP contribution in [0.4, 0.5) is 5.69 Å². The number of hydrogen-bond acceptors (Lipinski definition) is 4. The second kappa shape index (κ2) is 6.39. The smallest absolute Gasteiger partial charge is 0.267 e. The molecule has 2 aromatic carbocycles. The zero-order valence-electron chi connectivity index (χ0n) is 12.4. The number of hydrazone groups is 1. The fraction of sp³-hybridized carbons (Fsp3) is 0.176. The fourth-order valence-electron chi connectivity index (χ4n) is 2.66. The molecule has 0 aliphatic heterocycles. The summed E-state index contributed by atoms with van der Waals surface area (Å²) in [5.41, 5.74) is 6.10. The Labute approximate surface area is 133 Å². The number of carbonyl (C=O) groups excluding carboxylic acids is 1. The molecular formula is C17H15N3O3. The molecule has 0 saturated carbocycles. The molecule has 2 aromatic rings. The van der Waals surface area contributed by atoms with Crippen molar-refractivity contribution in [3.63, 3.8) is 0 Å². The van der Waals surface area contributed by atoms with Crippen molar-refractivity contribution in [3.8, 4) is 0 Å². The summed E-state index contributed by atoms with van der Waals surface area (Å²) in [6.07, 6.45) is 4.96. The van der Waals surface area contributed by atoms with E-state index in [1.807, 2.05) is 6.07 Å². The van der Waals surface area contributed by atoms with Gasteiger partial charge in [-0.1, -0.05) is 18.2 Å². The molecule has 3 rings (SSSR count). The number of non-ortho nitro benzene ring substituents is 1. The van der Waals surface area contributed by atoms with E-state index in [-0.39, 0.29) is 11.3 Å². The normalized spacial score (nSPS) is 13.0. The van der Waals surface area contributed by atoms with E-state index in [0.717, 1.165) is 18.4 Å². The summed E-state index contributed by atoms with van der Waals surface area (Å²) in [5.74, 6) is -0.480. The summed E-state index contributed by atoms with van der Waals surface area (Å²) in [7, 11) is 0. The Hall–Kier alpha value is -3.02. The van der Waals surface area contributed by atoms with Gasteiger partial charge in [0.1, 0.15) is 0 Å². The minimum atomic E-state index is -0.537. The molecule has 0 radical (unpaired) electrons. The van der Waals surface area contributed by atoms with E-state index < -0.39 is 10.8 Å². The van der Waals surface area contributed by atoms with Crippen molar-refractivity contribution in [2.24, 2.45) is 5.10 Å². The molecule has 0 bridgehead atoms. The number of nitro groups is 1. The van der Waals surface area contributed by atoms with Crippen LogP contribution in [-0.2, 0) is 12.8 Å². The van der Waals surface area contributed by atoms with E-state index in [4.69, 9.17) is 0 Å². The molecule has 6 nitrogen and oxygen atoms in total. The highest BCUT2D eigenvalue weighted by Gasteiger charge is 2.11. The molecule has 0 atom stereocenters. The first kappa shape index (κ1) is 14.9. The molecule has 0 aromatic heterocycles. The predicted molar refractivity (Wildman–Crippen MR) is 86.6 cm³/mol. The maximum Gasteiger partial charge on any atom is 0.271 e. The van der Waals surface area contributed by atoms with Crippen LogP contribution in [0.1, 0.15) is 33.5 Å². The van der Waals surface area contributed by atoms with Gasteiger partial charge in [-0.15, -0.1) is 0 Å². The van der Waals surface area contributed by atoms with Crippen LogP contribution in [0.3, 0.4) is 0 Å². The second-order valence-corrected chi connectivity index (χ2v) is 5.39. The van der Waals surface area contributed by atoms with Gasteiger partial charge in [0.05, 0.1) is 11.1 Å². The van der Waals surface area contributed by atoms with Gasteiger partial charge in [-0.2, -0.15) is 5.10 Å². The SMILES string of the molecule is O=C(N/N=C\c1ccc2c(c1)CCC2)c1cccc([N+](=O)[O-])c1. The highest BCUT2D eigenvalue weighted by molar-refractivity contribution is 5.95.